The van der Waals surface area contributed by atoms with Gasteiger partial charge in [-0.2, -0.15) is 0 Å². The zero-order chi connectivity index (χ0) is 14.1. The first kappa shape index (κ1) is 16.0. The van der Waals surface area contributed by atoms with E-state index in [2.05, 4.69) is 10.6 Å². The molecular formula is C15H20ClFN2O2. The molecule has 2 N–H and O–H groups in total. The standard InChI is InChI=1S/C15H19FN2O2.ClH/c1-20-14-6-9(2-5-13(14)16)15(19)18-12-7-10-3-4-11(8-12)17-10;/h2,5-6,10-12,17H,3-4,7-8H2,1H3,(H,18,19);1H. The van der Waals surface area contributed by atoms with Gasteiger partial charge in [0.15, 0.2) is 11.6 Å². The van der Waals surface area contributed by atoms with Crippen LogP contribution in [0, 0.1) is 5.82 Å². The Bertz CT molecular complexity index is 514. The summed E-state index contributed by atoms with van der Waals surface area (Å²) >= 11 is 0. The van der Waals surface area contributed by atoms with E-state index in [9.17, 15) is 9.18 Å². The normalized spacial score (nSPS) is 26.9. The zero-order valence-electron chi connectivity index (χ0n) is 11.9. The zero-order valence-corrected chi connectivity index (χ0v) is 12.7. The smallest absolute Gasteiger partial charge is 0.251 e. The molecule has 0 spiro atoms. The van der Waals surface area contributed by atoms with Crippen LogP contribution in [0.1, 0.15) is 36.0 Å². The van der Waals surface area contributed by atoms with Crippen molar-refractivity contribution in [3.63, 3.8) is 0 Å². The molecule has 2 saturated heterocycles. The molecule has 4 nitrogen and oxygen atoms in total. The molecule has 3 rings (SSSR count). The summed E-state index contributed by atoms with van der Waals surface area (Å²) in [7, 11) is 1.39. The third-order valence-corrected chi connectivity index (χ3v) is 4.22. The fourth-order valence-corrected chi connectivity index (χ4v) is 3.24. The van der Waals surface area contributed by atoms with Crippen LogP contribution in [0.15, 0.2) is 18.2 Å². The molecule has 2 fully saturated rings. The highest BCUT2D eigenvalue weighted by Crippen LogP contribution is 2.27. The minimum Gasteiger partial charge on any atom is -0.494 e. The van der Waals surface area contributed by atoms with E-state index in [0.717, 1.165) is 12.8 Å². The first-order valence-corrected chi connectivity index (χ1v) is 7.06. The Morgan fingerprint density at radius 3 is 2.62 bits per heavy atom. The van der Waals surface area contributed by atoms with Gasteiger partial charge in [-0.15, -0.1) is 12.4 Å². The largest absolute Gasteiger partial charge is 0.494 e. The Morgan fingerprint density at radius 2 is 2.00 bits per heavy atom. The molecule has 2 heterocycles. The number of nitrogens with one attached hydrogen (secondary N) is 2. The number of hydrogen-bond donors (Lipinski definition) is 2. The van der Waals surface area contributed by atoms with E-state index in [1.165, 1.54) is 38.2 Å². The molecule has 2 bridgehead atoms. The predicted octanol–water partition coefficient (Wildman–Crippen LogP) is 2.27. The topological polar surface area (TPSA) is 50.4 Å². The van der Waals surface area contributed by atoms with E-state index in [1.807, 2.05) is 0 Å². The monoisotopic (exact) mass is 314 g/mol. The van der Waals surface area contributed by atoms with Crippen LogP contribution in [0.4, 0.5) is 4.39 Å². The Morgan fingerprint density at radius 1 is 1.33 bits per heavy atom. The van der Waals surface area contributed by atoms with Gasteiger partial charge in [-0.1, -0.05) is 0 Å². The molecular weight excluding hydrogens is 295 g/mol. The third kappa shape index (κ3) is 3.47. The van der Waals surface area contributed by atoms with E-state index in [1.54, 1.807) is 0 Å². The average molecular weight is 315 g/mol. The number of halogens is 2. The summed E-state index contributed by atoms with van der Waals surface area (Å²) in [5.74, 6) is -0.512. The molecule has 0 saturated carbocycles. The number of carbonyl (C=O) groups is 1. The third-order valence-electron chi connectivity index (χ3n) is 4.22. The quantitative estimate of drug-likeness (QED) is 0.900. The van der Waals surface area contributed by atoms with Gasteiger partial charge in [0.25, 0.3) is 5.91 Å². The van der Waals surface area contributed by atoms with E-state index < -0.39 is 5.82 Å². The minimum absolute atomic E-state index is 0. The molecule has 0 aromatic heterocycles. The summed E-state index contributed by atoms with van der Waals surface area (Å²) in [6, 6.07) is 5.46. The molecule has 2 aliphatic heterocycles. The average Bonchev–Trinajstić information content (AvgIpc) is 2.78. The lowest BCUT2D eigenvalue weighted by atomic mass is 9.99. The first-order chi connectivity index (χ1) is 9.65. The number of ether oxygens (including phenoxy) is 1. The minimum atomic E-state index is -0.455. The summed E-state index contributed by atoms with van der Waals surface area (Å²) in [4.78, 5) is 12.2. The first-order valence-electron chi connectivity index (χ1n) is 7.06. The molecule has 1 aromatic carbocycles. The molecule has 2 unspecified atom stereocenters. The van der Waals surface area contributed by atoms with Gasteiger partial charge >= 0.3 is 0 Å². The van der Waals surface area contributed by atoms with Crippen molar-refractivity contribution in [3.8, 4) is 5.75 Å². The van der Waals surface area contributed by atoms with Crippen molar-refractivity contribution in [1.82, 2.24) is 10.6 Å². The lowest BCUT2D eigenvalue weighted by Crippen LogP contribution is -2.48. The van der Waals surface area contributed by atoms with Crippen molar-refractivity contribution < 1.29 is 13.9 Å². The maximum Gasteiger partial charge on any atom is 0.251 e. The summed E-state index contributed by atoms with van der Waals surface area (Å²) in [6.45, 7) is 0. The maximum absolute atomic E-state index is 13.3. The fraction of sp³-hybridized carbons (Fsp3) is 0.533. The van der Waals surface area contributed by atoms with Crippen LogP contribution >= 0.6 is 12.4 Å². The summed E-state index contributed by atoms with van der Waals surface area (Å²) < 4.78 is 18.2. The number of rotatable bonds is 3. The molecule has 116 valence electrons. The predicted molar refractivity (Wildman–Crippen MR) is 80.6 cm³/mol. The number of fused-ring (bicyclic) bond motifs is 2. The summed E-state index contributed by atoms with van der Waals surface area (Å²) in [6.07, 6.45) is 4.34. The van der Waals surface area contributed by atoms with Gasteiger partial charge in [-0.25, -0.2) is 4.39 Å². The van der Waals surface area contributed by atoms with Crippen LogP contribution in [0.3, 0.4) is 0 Å². The van der Waals surface area contributed by atoms with Crippen LogP contribution in [-0.4, -0.2) is 31.1 Å². The highest BCUT2D eigenvalue weighted by Gasteiger charge is 2.34. The highest BCUT2D eigenvalue weighted by atomic mass is 35.5. The van der Waals surface area contributed by atoms with Gasteiger partial charge in [-0.05, 0) is 43.9 Å². The van der Waals surface area contributed by atoms with E-state index >= 15 is 0 Å². The number of methoxy groups -OCH3 is 1. The molecule has 0 radical (unpaired) electrons. The Labute approximate surface area is 129 Å². The van der Waals surface area contributed by atoms with Crippen molar-refractivity contribution in [2.75, 3.05) is 7.11 Å². The number of benzene rings is 1. The Kier molecular flexibility index (Phi) is 5.06. The van der Waals surface area contributed by atoms with Crippen LogP contribution in [0.5, 0.6) is 5.75 Å². The van der Waals surface area contributed by atoms with Crippen molar-refractivity contribution in [1.29, 1.82) is 0 Å². The van der Waals surface area contributed by atoms with Gasteiger partial charge < -0.3 is 15.4 Å². The molecule has 2 aliphatic rings. The van der Waals surface area contributed by atoms with Crippen LogP contribution in [-0.2, 0) is 0 Å². The van der Waals surface area contributed by atoms with Crippen molar-refractivity contribution in [2.45, 2.75) is 43.8 Å². The molecule has 0 aliphatic carbocycles. The van der Waals surface area contributed by atoms with Crippen LogP contribution < -0.4 is 15.4 Å². The highest BCUT2D eigenvalue weighted by molar-refractivity contribution is 5.94. The van der Waals surface area contributed by atoms with Gasteiger partial charge in [0.1, 0.15) is 0 Å². The SMILES string of the molecule is COc1cc(C(=O)NC2CC3CCC(C2)N3)ccc1F.Cl. The van der Waals surface area contributed by atoms with E-state index in [0.29, 0.717) is 17.6 Å². The fourth-order valence-electron chi connectivity index (χ4n) is 3.24. The lowest BCUT2D eigenvalue weighted by Gasteiger charge is -2.29. The lowest BCUT2D eigenvalue weighted by molar-refractivity contribution is 0.0923. The van der Waals surface area contributed by atoms with Gasteiger partial charge in [0, 0.05) is 23.7 Å². The van der Waals surface area contributed by atoms with Crippen LogP contribution in [0.25, 0.3) is 0 Å². The number of carbonyl (C=O) groups excluding carboxylic acids is 1. The number of piperidine rings is 1. The van der Waals surface area contributed by atoms with E-state index in [4.69, 9.17) is 4.74 Å². The second kappa shape index (κ2) is 6.62. The van der Waals surface area contributed by atoms with Crippen molar-refractivity contribution >= 4 is 18.3 Å². The van der Waals surface area contributed by atoms with Crippen LogP contribution in [0.2, 0.25) is 0 Å². The maximum atomic E-state index is 13.3. The molecule has 2 atom stereocenters. The molecule has 1 amide bonds. The van der Waals surface area contributed by atoms with Crippen molar-refractivity contribution in [3.05, 3.63) is 29.6 Å². The summed E-state index contributed by atoms with van der Waals surface area (Å²) in [5, 5.41) is 6.59. The second-order valence-corrected chi connectivity index (χ2v) is 5.63. The van der Waals surface area contributed by atoms with Gasteiger partial charge in [-0.3, -0.25) is 4.79 Å². The Balaban J connectivity index is 0.00000161. The van der Waals surface area contributed by atoms with Gasteiger partial charge in [0.05, 0.1) is 7.11 Å². The van der Waals surface area contributed by atoms with Gasteiger partial charge in [0.2, 0.25) is 0 Å². The number of amides is 1. The Hall–Kier alpha value is -1.33. The molecule has 6 heteroatoms. The second-order valence-electron chi connectivity index (χ2n) is 5.63. The molecule has 21 heavy (non-hydrogen) atoms. The number of hydrogen-bond acceptors (Lipinski definition) is 3. The van der Waals surface area contributed by atoms with E-state index in [-0.39, 0.29) is 30.1 Å². The molecule has 1 aromatic rings. The van der Waals surface area contributed by atoms with Crippen molar-refractivity contribution in [2.24, 2.45) is 0 Å². The summed E-state index contributed by atoms with van der Waals surface area (Å²) in [5.41, 5.74) is 0.439.